The summed E-state index contributed by atoms with van der Waals surface area (Å²) >= 11 is 0. The second-order valence-electron chi connectivity index (χ2n) is 5.23. The minimum atomic E-state index is -4.01. The Labute approximate surface area is 151 Å². The first kappa shape index (κ1) is 21.9. The van der Waals surface area contributed by atoms with E-state index in [2.05, 4.69) is 4.74 Å². The number of sulfonamides is 2. The Morgan fingerprint density at radius 2 is 1.62 bits per heavy atom. The quantitative estimate of drug-likeness (QED) is 0.411. The van der Waals surface area contributed by atoms with Gasteiger partial charge in [0.05, 0.1) is 30.8 Å². The van der Waals surface area contributed by atoms with Crippen LogP contribution in [0.1, 0.15) is 22.3 Å². The fourth-order valence-electron chi connectivity index (χ4n) is 1.78. The lowest BCUT2D eigenvalue weighted by molar-refractivity contribution is 0.0562. The SMILES string of the molecule is CS(=O)(=O)NS(=O)(=O)CCCOC(=O)OCCc1ccc(C(=O)O)cc1. The molecule has 0 unspecified atom stereocenters. The molecule has 1 aromatic rings. The lowest BCUT2D eigenvalue weighted by atomic mass is 10.1. The summed E-state index contributed by atoms with van der Waals surface area (Å²) in [6.07, 6.45) is -0.0214. The van der Waals surface area contributed by atoms with Gasteiger partial charge < -0.3 is 14.6 Å². The minimum absolute atomic E-state index is 0.000810. The number of hydrogen-bond acceptors (Lipinski definition) is 8. The molecule has 0 aliphatic carbocycles. The smallest absolute Gasteiger partial charge is 0.478 e. The summed E-state index contributed by atoms with van der Waals surface area (Å²) in [7, 11) is -7.90. The molecule has 0 atom stereocenters. The maximum atomic E-state index is 11.4. The number of aromatic carboxylic acids is 1. The summed E-state index contributed by atoms with van der Waals surface area (Å²) in [5.74, 6) is -1.56. The number of carboxylic acid groups (broad SMARTS) is 1. The molecule has 12 heteroatoms. The van der Waals surface area contributed by atoms with Gasteiger partial charge in [-0.2, -0.15) is 0 Å². The van der Waals surface area contributed by atoms with Crippen LogP contribution in [0, 0.1) is 0 Å². The van der Waals surface area contributed by atoms with Crippen molar-refractivity contribution in [2.75, 3.05) is 25.2 Å². The molecule has 0 amide bonds. The molecule has 10 nitrogen and oxygen atoms in total. The van der Waals surface area contributed by atoms with Gasteiger partial charge in [0.2, 0.25) is 20.0 Å². The highest BCUT2D eigenvalue weighted by Crippen LogP contribution is 2.05. The number of carbonyl (C=O) groups is 2. The van der Waals surface area contributed by atoms with E-state index in [9.17, 15) is 26.4 Å². The zero-order chi connectivity index (χ0) is 19.8. The zero-order valence-corrected chi connectivity index (χ0v) is 15.5. The van der Waals surface area contributed by atoms with Crippen LogP contribution in [0.25, 0.3) is 0 Å². The molecule has 0 radical (unpaired) electrons. The fourth-order valence-corrected chi connectivity index (χ4v) is 4.46. The molecule has 0 aromatic heterocycles. The van der Waals surface area contributed by atoms with E-state index >= 15 is 0 Å². The number of nitrogens with one attached hydrogen (secondary N) is 1. The number of carbonyl (C=O) groups excluding carboxylic acids is 1. The van der Waals surface area contributed by atoms with Gasteiger partial charge in [-0.1, -0.05) is 12.1 Å². The van der Waals surface area contributed by atoms with E-state index < -0.39 is 37.9 Å². The number of rotatable bonds is 10. The van der Waals surface area contributed by atoms with E-state index in [0.717, 1.165) is 5.56 Å². The van der Waals surface area contributed by atoms with Crippen molar-refractivity contribution in [3.8, 4) is 0 Å². The van der Waals surface area contributed by atoms with Crippen LogP contribution >= 0.6 is 0 Å². The van der Waals surface area contributed by atoms with Crippen molar-refractivity contribution in [3.63, 3.8) is 0 Å². The summed E-state index contributed by atoms with van der Waals surface area (Å²) in [5.41, 5.74) is 0.912. The maximum Gasteiger partial charge on any atom is 0.508 e. The molecular formula is C14H19NO9S2. The highest BCUT2D eigenvalue weighted by atomic mass is 32.3. The standard InChI is InChI=1S/C14H19NO9S2/c1-25(19,20)15-26(21,22)10-2-8-23-14(18)24-9-7-11-3-5-12(6-4-11)13(16)17/h3-6,15H,2,7-10H2,1H3,(H,16,17). The summed E-state index contributed by atoms with van der Waals surface area (Å²) in [5, 5.41) is 8.78. The Balaban J connectivity index is 2.24. The molecule has 0 saturated heterocycles. The molecule has 0 saturated carbocycles. The largest absolute Gasteiger partial charge is 0.508 e. The van der Waals surface area contributed by atoms with Crippen molar-refractivity contribution in [3.05, 3.63) is 35.4 Å². The predicted octanol–water partition coefficient (Wildman–Crippen LogP) is 0.350. The van der Waals surface area contributed by atoms with E-state index in [-0.39, 0.29) is 25.2 Å². The first-order valence-electron chi connectivity index (χ1n) is 7.31. The summed E-state index contributed by atoms with van der Waals surface area (Å²) < 4.78 is 55.4. The molecule has 0 fully saturated rings. The third kappa shape index (κ3) is 9.34. The van der Waals surface area contributed by atoms with Crippen molar-refractivity contribution in [2.24, 2.45) is 0 Å². The second-order valence-corrected chi connectivity index (χ2v) is 9.08. The Bertz CT molecular complexity index is 830. The van der Waals surface area contributed by atoms with E-state index in [1.165, 1.54) is 16.3 Å². The first-order valence-corrected chi connectivity index (χ1v) is 10.9. The zero-order valence-electron chi connectivity index (χ0n) is 13.9. The molecule has 26 heavy (non-hydrogen) atoms. The van der Waals surface area contributed by atoms with Crippen LogP contribution in [-0.4, -0.2) is 59.3 Å². The van der Waals surface area contributed by atoms with E-state index in [1.54, 1.807) is 12.1 Å². The van der Waals surface area contributed by atoms with Gasteiger partial charge in [-0.05, 0) is 24.1 Å². The Morgan fingerprint density at radius 3 is 2.15 bits per heavy atom. The first-order chi connectivity index (χ1) is 12.0. The highest BCUT2D eigenvalue weighted by Gasteiger charge is 2.16. The van der Waals surface area contributed by atoms with Gasteiger partial charge in [0.15, 0.2) is 0 Å². The number of carboxylic acids is 1. The number of benzene rings is 1. The molecule has 0 aliphatic rings. The fraction of sp³-hybridized carbons (Fsp3) is 0.429. The van der Waals surface area contributed by atoms with Gasteiger partial charge in [-0.3, -0.25) is 0 Å². The van der Waals surface area contributed by atoms with E-state index in [0.29, 0.717) is 12.7 Å². The summed E-state index contributed by atoms with van der Waals surface area (Å²) in [6, 6.07) is 6.05. The van der Waals surface area contributed by atoms with Gasteiger partial charge in [-0.15, -0.1) is 4.13 Å². The Hall–Kier alpha value is -2.18. The molecule has 0 spiro atoms. The third-order valence-corrected chi connectivity index (χ3v) is 5.92. The van der Waals surface area contributed by atoms with Crippen LogP contribution in [0.15, 0.2) is 24.3 Å². The van der Waals surface area contributed by atoms with Gasteiger partial charge in [0, 0.05) is 6.42 Å². The predicted molar refractivity (Wildman–Crippen MR) is 90.8 cm³/mol. The molecule has 1 rings (SSSR count). The van der Waals surface area contributed by atoms with E-state index in [1.807, 2.05) is 0 Å². The molecule has 1 aromatic carbocycles. The van der Waals surface area contributed by atoms with Crippen molar-refractivity contribution in [1.29, 1.82) is 0 Å². The van der Waals surface area contributed by atoms with Crippen LogP contribution in [0.3, 0.4) is 0 Å². The van der Waals surface area contributed by atoms with Crippen LogP contribution in [0.2, 0.25) is 0 Å². The van der Waals surface area contributed by atoms with Crippen molar-refractivity contribution in [1.82, 2.24) is 4.13 Å². The highest BCUT2D eigenvalue weighted by molar-refractivity contribution is 8.04. The molecule has 0 heterocycles. The summed E-state index contributed by atoms with van der Waals surface area (Å²) in [6.45, 7) is -0.254. The van der Waals surface area contributed by atoms with Crippen molar-refractivity contribution in [2.45, 2.75) is 12.8 Å². The van der Waals surface area contributed by atoms with Crippen LogP contribution in [-0.2, 0) is 35.9 Å². The second kappa shape index (κ2) is 9.50. The third-order valence-electron chi connectivity index (χ3n) is 2.87. The lowest BCUT2D eigenvalue weighted by Crippen LogP contribution is -2.32. The number of ether oxygens (including phenoxy) is 2. The van der Waals surface area contributed by atoms with Crippen molar-refractivity contribution >= 4 is 32.2 Å². The minimum Gasteiger partial charge on any atom is -0.478 e. The summed E-state index contributed by atoms with van der Waals surface area (Å²) in [4.78, 5) is 22.1. The lowest BCUT2D eigenvalue weighted by Gasteiger charge is -2.07. The molecule has 0 aliphatic heterocycles. The molecule has 146 valence electrons. The monoisotopic (exact) mass is 409 g/mol. The number of hydrogen-bond donors (Lipinski definition) is 2. The topological polar surface area (TPSA) is 153 Å². The average Bonchev–Trinajstić information content (AvgIpc) is 2.50. The Kier molecular flexibility index (Phi) is 7.99. The van der Waals surface area contributed by atoms with Gasteiger partial charge >= 0.3 is 12.1 Å². The van der Waals surface area contributed by atoms with Gasteiger partial charge in [0.1, 0.15) is 0 Å². The van der Waals surface area contributed by atoms with Crippen LogP contribution in [0.5, 0.6) is 0 Å². The van der Waals surface area contributed by atoms with Crippen molar-refractivity contribution < 1.29 is 41.0 Å². The molecule has 0 bridgehead atoms. The van der Waals surface area contributed by atoms with E-state index in [4.69, 9.17) is 9.84 Å². The van der Waals surface area contributed by atoms with Gasteiger partial charge in [-0.25, -0.2) is 26.4 Å². The molecular weight excluding hydrogens is 390 g/mol. The molecule has 2 N–H and O–H groups in total. The Morgan fingerprint density at radius 1 is 1.04 bits per heavy atom. The normalized spacial score (nSPS) is 11.7. The van der Waals surface area contributed by atoms with Gasteiger partial charge in [0.25, 0.3) is 0 Å². The maximum absolute atomic E-state index is 11.4. The average molecular weight is 409 g/mol. The van der Waals surface area contributed by atoms with Crippen LogP contribution < -0.4 is 4.13 Å². The van der Waals surface area contributed by atoms with Crippen LogP contribution in [0.4, 0.5) is 4.79 Å².